The number of hydrogen-bond donors (Lipinski definition) is 1. The predicted octanol–water partition coefficient (Wildman–Crippen LogP) is 2.51. The molecule has 2 unspecified atom stereocenters. The first-order valence-electron chi connectivity index (χ1n) is 6.54. The van der Waals surface area contributed by atoms with Gasteiger partial charge in [-0.2, -0.15) is 11.8 Å². The van der Waals surface area contributed by atoms with Gasteiger partial charge in [0.15, 0.2) is 0 Å². The molecule has 1 heterocycles. The van der Waals surface area contributed by atoms with Crippen LogP contribution in [-0.4, -0.2) is 50.3 Å². The zero-order chi connectivity index (χ0) is 14.7. The van der Waals surface area contributed by atoms with Crippen LogP contribution in [0, 0.1) is 0 Å². The van der Waals surface area contributed by atoms with E-state index >= 15 is 0 Å². The van der Waals surface area contributed by atoms with E-state index in [9.17, 15) is 0 Å². The molecule has 0 spiro atoms. The van der Waals surface area contributed by atoms with E-state index in [1.54, 1.807) is 14.2 Å². The highest BCUT2D eigenvalue weighted by molar-refractivity contribution is 9.10. The Morgan fingerprint density at radius 1 is 1.40 bits per heavy atom. The summed E-state index contributed by atoms with van der Waals surface area (Å²) in [5, 5.41) is 0. The number of likely N-dealkylation sites (N-methyl/N-ethyl adjacent to an activating group) is 1. The van der Waals surface area contributed by atoms with Crippen molar-refractivity contribution in [1.82, 2.24) is 4.90 Å². The van der Waals surface area contributed by atoms with Gasteiger partial charge < -0.3 is 15.2 Å². The molecule has 0 amide bonds. The van der Waals surface area contributed by atoms with Crippen molar-refractivity contribution in [2.75, 3.05) is 39.3 Å². The largest absolute Gasteiger partial charge is 0.495 e. The third-order valence-corrected chi connectivity index (χ3v) is 5.53. The lowest BCUT2D eigenvalue weighted by atomic mass is 9.99. The molecule has 6 heteroatoms. The van der Waals surface area contributed by atoms with Crippen molar-refractivity contribution in [3.8, 4) is 11.5 Å². The summed E-state index contributed by atoms with van der Waals surface area (Å²) >= 11 is 5.49. The molecule has 1 aliphatic heterocycles. The molecule has 1 aliphatic rings. The van der Waals surface area contributed by atoms with Crippen molar-refractivity contribution in [3.63, 3.8) is 0 Å². The second-order valence-electron chi connectivity index (χ2n) is 4.85. The fourth-order valence-corrected chi connectivity index (χ4v) is 4.44. The fourth-order valence-electron chi connectivity index (χ4n) is 2.47. The van der Waals surface area contributed by atoms with Crippen LogP contribution in [-0.2, 0) is 0 Å². The summed E-state index contributed by atoms with van der Waals surface area (Å²) < 4.78 is 11.7. The van der Waals surface area contributed by atoms with Crippen LogP contribution in [0.3, 0.4) is 0 Å². The van der Waals surface area contributed by atoms with Crippen LogP contribution in [0.25, 0.3) is 0 Å². The molecule has 0 bridgehead atoms. The zero-order valence-corrected chi connectivity index (χ0v) is 14.5. The number of ether oxygens (including phenoxy) is 2. The first-order chi connectivity index (χ1) is 9.60. The van der Waals surface area contributed by atoms with Gasteiger partial charge >= 0.3 is 0 Å². The summed E-state index contributed by atoms with van der Waals surface area (Å²) in [6, 6.07) is 4.17. The van der Waals surface area contributed by atoms with Crippen LogP contribution < -0.4 is 15.2 Å². The average molecular weight is 361 g/mol. The zero-order valence-electron chi connectivity index (χ0n) is 12.1. The van der Waals surface area contributed by atoms with Gasteiger partial charge in [0.1, 0.15) is 16.0 Å². The lowest BCUT2D eigenvalue weighted by Gasteiger charge is -2.36. The highest BCUT2D eigenvalue weighted by Gasteiger charge is 2.29. The molecular formula is C14H21BrN2O2S. The standard InChI is InChI=1S/C14H21BrN2O2S/c1-17-6-7-20-8-10(17)13(16)9-4-5-11(18-2)12(15)14(9)19-3/h4-5,10,13H,6-8,16H2,1-3H3. The normalized spacial score (nSPS) is 21.6. The summed E-state index contributed by atoms with van der Waals surface area (Å²) in [7, 11) is 5.44. The molecule has 20 heavy (non-hydrogen) atoms. The SMILES string of the molecule is COc1ccc(C(N)C2CSCCN2C)c(OC)c1Br. The molecule has 2 rings (SSSR count). The number of methoxy groups -OCH3 is 2. The van der Waals surface area contributed by atoms with Gasteiger partial charge in [-0.3, -0.25) is 4.90 Å². The molecule has 1 saturated heterocycles. The Balaban J connectivity index is 2.33. The summed E-state index contributed by atoms with van der Waals surface area (Å²) in [6.07, 6.45) is 0. The lowest BCUT2D eigenvalue weighted by Crippen LogP contribution is -2.46. The highest BCUT2D eigenvalue weighted by atomic mass is 79.9. The van der Waals surface area contributed by atoms with Crippen LogP contribution in [0.5, 0.6) is 11.5 Å². The summed E-state index contributed by atoms with van der Waals surface area (Å²) in [4.78, 5) is 2.33. The minimum absolute atomic E-state index is 0.0787. The number of thioether (sulfide) groups is 1. The third kappa shape index (κ3) is 3.08. The number of nitrogens with zero attached hydrogens (tertiary/aromatic N) is 1. The molecule has 2 atom stereocenters. The molecule has 4 nitrogen and oxygen atoms in total. The summed E-state index contributed by atoms with van der Waals surface area (Å²) in [5.41, 5.74) is 7.51. The minimum Gasteiger partial charge on any atom is -0.495 e. The van der Waals surface area contributed by atoms with Crippen molar-refractivity contribution in [3.05, 3.63) is 22.2 Å². The van der Waals surface area contributed by atoms with Crippen LogP contribution in [0.4, 0.5) is 0 Å². The number of nitrogens with two attached hydrogens (primary N) is 1. The van der Waals surface area contributed by atoms with Gasteiger partial charge in [0.25, 0.3) is 0 Å². The van der Waals surface area contributed by atoms with E-state index < -0.39 is 0 Å². The van der Waals surface area contributed by atoms with Crippen molar-refractivity contribution in [2.45, 2.75) is 12.1 Å². The van der Waals surface area contributed by atoms with Gasteiger partial charge in [-0.25, -0.2) is 0 Å². The Hall–Kier alpha value is -0.430. The van der Waals surface area contributed by atoms with Gasteiger partial charge in [0.2, 0.25) is 0 Å². The average Bonchev–Trinajstić information content (AvgIpc) is 2.46. The molecule has 0 saturated carbocycles. The molecule has 2 N–H and O–H groups in total. The smallest absolute Gasteiger partial charge is 0.141 e. The topological polar surface area (TPSA) is 47.7 Å². The number of benzene rings is 1. The van der Waals surface area contributed by atoms with E-state index in [0.29, 0.717) is 6.04 Å². The van der Waals surface area contributed by atoms with Gasteiger partial charge in [0, 0.05) is 35.7 Å². The van der Waals surface area contributed by atoms with Crippen LogP contribution in [0.2, 0.25) is 0 Å². The van der Waals surface area contributed by atoms with Gasteiger partial charge in [-0.1, -0.05) is 0 Å². The van der Waals surface area contributed by atoms with Gasteiger partial charge in [0.05, 0.1) is 14.2 Å². The van der Waals surface area contributed by atoms with Crippen LogP contribution in [0.1, 0.15) is 11.6 Å². The molecule has 112 valence electrons. The first-order valence-corrected chi connectivity index (χ1v) is 8.48. The second-order valence-corrected chi connectivity index (χ2v) is 6.80. The predicted molar refractivity (Wildman–Crippen MR) is 87.9 cm³/mol. The maximum absolute atomic E-state index is 6.50. The fraction of sp³-hybridized carbons (Fsp3) is 0.571. The Morgan fingerprint density at radius 2 is 2.15 bits per heavy atom. The third-order valence-electron chi connectivity index (χ3n) is 3.73. The van der Waals surface area contributed by atoms with E-state index in [0.717, 1.165) is 33.8 Å². The van der Waals surface area contributed by atoms with Crippen LogP contribution >= 0.6 is 27.7 Å². The minimum atomic E-state index is -0.0787. The molecular weight excluding hydrogens is 340 g/mol. The Kier molecular flexibility index (Phi) is 5.60. The maximum atomic E-state index is 6.50. The number of rotatable bonds is 4. The molecule has 1 aromatic carbocycles. The second kappa shape index (κ2) is 7.02. The van der Waals surface area contributed by atoms with E-state index in [1.165, 1.54) is 5.75 Å². The lowest BCUT2D eigenvalue weighted by molar-refractivity contribution is 0.234. The van der Waals surface area contributed by atoms with Gasteiger partial charge in [-0.05, 0) is 35.1 Å². The quantitative estimate of drug-likeness (QED) is 0.893. The molecule has 0 aliphatic carbocycles. The van der Waals surface area contributed by atoms with E-state index in [2.05, 4.69) is 27.9 Å². The Bertz CT molecular complexity index is 473. The Morgan fingerprint density at radius 3 is 2.75 bits per heavy atom. The Labute approximate surface area is 133 Å². The van der Waals surface area contributed by atoms with Crippen molar-refractivity contribution in [1.29, 1.82) is 0 Å². The molecule has 0 aromatic heterocycles. The van der Waals surface area contributed by atoms with E-state index in [-0.39, 0.29) is 6.04 Å². The number of halogens is 1. The number of hydrogen-bond acceptors (Lipinski definition) is 5. The molecule has 1 aromatic rings. The van der Waals surface area contributed by atoms with Crippen molar-refractivity contribution < 1.29 is 9.47 Å². The van der Waals surface area contributed by atoms with Crippen molar-refractivity contribution >= 4 is 27.7 Å². The highest BCUT2D eigenvalue weighted by Crippen LogP contribution is 2.40. The van der Waals surface area contributed by atoms with E-state index in [1.807, 2.05) is 23.9 Å². The van der Waals surface area contributed by atoms with Gasteiger partial charge in [-0.15, -0.1) is 0 Å². The summed E-state index contributed by atoms with van der Waals surface area (Å²) in [6.45, 7) is 1.07. The van der Waals surface area contributed by atoms with Crippen molar-refractivity contribution in [2.24, 2.45) is 5.73 Å². The molecule has 0 radical (unpaired) electrons. The van der Waals surface area contributed by atoms with E-state index in [4.69, 9.17) is 15.2 Å². The monoisotopic (exact) mass is 360 g/mol. The maximum Gasteiger partial charge on any atom is 0.141 e. The first kappa shape index (κ1) is 15.9. The summed E-state index contributed by atoms with van der Waals surface area (Å²) in [5.74, 6) is 3.73. The molecule has 1 fully saturated rings. The van der Waals surface area contributed by atoms with Crippen LogP contribution in [0.15, 0.2) is 16.6 Å².